The molecule has 9 heteroatoms. The smallest absolute Gasteiger partial charge is 0.342 e. The number of carbonyl (C=O) groups is 1. The van der Waals surface area contributed by atoms with Gasteiger partial charge in [-0.1, -0.05) is 29.3 Å². The van der Waals surface area contributed by atoms with Crippen LogP contribution in [0.25, 0.3) is 17.4 Å². The zero-order chi connectivity index (χ0) is 18.0. The van der Waals surface area contributed by atoms with Gasteiger partial charge in [-0.2, -0.15) is 0 Å². The molecule has 0 aliphatic heterocycles. The molecule has 2 aromatic heterocycles. The Morgan fingerprint density at radius 3 is 2.80 bits per heavy atom. The SMILES string of the molecule is Cc1nc(S/C(=C\c2ccc(-c3cccc(Cl)c3Cl)o2)C(=O)O)n[nH]1. The number of hydrogen-bond donors (Lipinski definition) is 2. The van der Waals surface area contributed by atoms with E-state index in [9.17, 15) is 9.90 Å². The van der Waals surface area contributed by atoms with Crippen molar-refractivity contribution in [2.24, 2.45) is 0 Å². The van der Waals surface area contributed by atoms with Gasteiger partial charge in [0.15, 0.2) is 0 Å². The highest BCUT2D eigenvalue weighted by Crippen LogP contribution is 2.35. The van der Waals surface area contributed by atoms with Crippen molar-refractivity contribution in [2.75, 3.05) is 0 Å². The monoisotopic (exact) mass is 395 g/mol. The molecule has 2 heterocycles. The molecule has 3 rings (SSSR count). The average molecular weight is 396 g/mol. The minimum atomic E-state index is -1.11. The summed E-state index contributed by atoms with van der Waals surface area (Å²) in [7, 11) is 0. The molecule has 128 valence electrons. The molecule has 0 bridgehead atoms. The van der Waals surface area contributed by atoms with Gasteiger partial charge in [0.2, 0.25) is 5.16 Å². The van der Waals surface area contributed by atoms with E-state index in [2.05, 4.69) is 15.2 Å². The van der Waals surface area contributed by atoms with Crippen LogP contribution in [0.1, 0.15) is 11.6 Å². The molecular formula is C16H11Cl2N3O3S. The molecule has 0 amide bonds. The summed E-state index contributed by atoms with van der Waals surface area (Å²) in [5, 5.41) is 17.0. The highest BCUT2D eigenvalue weighted by atomic mass is 35.5. The summed E-state index contributed by atoms with van der Waals surface area (Å²) in [5.74, 6) is 0.347. The number of aromatic nitrogens is 3. The quantitative estimate of drug-likeness (QED) is 0.471. The fraction of sp³-hybridized carbons (Fsp3) is 0.0625. The lowest BCUT2D eigenvalue weighted by Crippen LogP contribution is -1.97. The lowest BCUT2D eigenvalue weighted by atomic mass is 10.2. The summed E-state index contributed by atoms with van der Waals surface area (Å²) in [6.45, 7) is 1.73. The first-order chi connectivity index (χ1) is 11.9. The van der Waals surface area contributed by atoms with Crippen LogP contribution in [0.3, 0.4) is 0 Å². The summed E-state index contributed by atoms with van der Waals surface area (Å²) >= 11 is 13.1. The second kappa shape index (κ2) is 7.35. The van der Waals surface area contributed by atoms with Crippen molar-refractivity contribution in [3.05, 3.63) is 56.9 Å². The number of nitrogens with zero attached hydrogens (tertiary/aromatic N) is 2. The minimum absolute atomic E-state index is 0.0251. The van der Waals surface area contributed by atoms with Gasteiger partial charge >= 0.3 is 5.97 Å². The van der Waals surface area contributed by atoms with Gasteiger partial charge in [-0.3, -0.25) is 5.10 Å². The highest BCUT2D eigenvalue weighted by Gasteiger charge is 2.15. The molecule has 0 aliphatic carbocycles. The number of benzene rings is 1. The lowest BCUT2D eigenvalue weighted by Gasteiger charge is -2.02. The van der Waals surface area contributed by atoms with E-state index in [1.807, 2.05) is 0 Å². The molecule has 0 fully saturated rings. The molecule has 6 nitrogen and oxygen atoms in total. The fourth-order valence-corrected chi connectivity index (χ4v) is 3.13. The molecule has 0 aliphatic rings. The van der Waals surface area contributed by atoms with Gasteiger partial charge in [0, 0.05) is 11.6 Å². The Morgan fingerprint density at radius 2 is 2.12 bits per heavy atom. The van der Waals surface area contributed by atoms with E-state index in [0.717, 1.165) is 11.8 Å². The van der Waals surface area contributed by atoms with Crippen LogP contribution in [0.5, 0.6) is 0 Å². The zero-order valence-electron chi connectivity index (χ0n) is 12.8. The summed E-state index contributed by atoms with van der Waals surface area (Å²) in [6, 6.07) is 8.55. The minimum Gasteiger partial charge on any atom is -0.477 e. The van der Waals surface area contributed by atoms with Crippen molar-refractivity contribution < 1.29 is 14.3 Å². The Balaban J connectivity index is 1.90. The van der Waals surface area contributed by atoms with Gasteiger partial charge in [0.25, 0.3) is 0 Å². The number of hydrogen-bond acceptors (Lipinski definition) is 5. The van der Waals surface area contributed by atoms with E-state index in [0.29, 0.717) is 38.1 Å². The van der Waals surface area contributed by atoms with E-state index in [4.69, 9.17) is 27.6 Å². The standard InChI is InChI=1S/C16H11Cl2N3O3S/c1-8-19-16(21-20-8)25-13(15(22)23)7-9-5-6-12(24-9)10-3-2-4-11(17)14(10)18/h2-7H,1H3,(H,22,23)(H,19,20,21)/b13-7-. The number of aryl methyl sites for hydroxylation is 1. The maximum atomic E-state index is 11.5. The average Bonchev–Trinajstić information content (AvgIpc) is 3.18. The van der Waals surface area contributed by atoms with E-state index in [1.54, 1.807) is 37.3 Å². The maximum absolute atomic E-state index is 11.5. The van der Waals surface area contributed by atoms with Crippen LogP contribution in [0.15, 0.2) is 44.8 Å². The third kappa shape index (κ3) is 4.07. The predicted molar refractivity (Wildman–Crippen MR) is 96.8 cm³/mol. The van der Waals surface area contributed by atoms with Crippen LogP contribution in [0.4, 0.5) is 0 Å². The number of H-pyrrole nitrogens is 1. The number of thioether (sulfide) groups is 1. The van der Waals surface area contributed by atoms with Crippen LogP contribution in [0.2, 0.25) is 10.0 Å². The van der Waals surface area contributed by atoms with Gasteiger partial charge in [0.1, 0.15) is 22.3 Å². The van der Waals surface area contributed by atoms with E-state index >= 15 is 0 Å². The first-order valence-corrected chi connectivity index (χ1v) is 8.57. The molecule has 25 heavy (non-hydrogen) atoms. The number of aliphatic carboxylic acids is 1. The number of aromatic amines is 1. The van der Waals surface area contributed by atoms with Gasteiger partial charge in [-0.15, -0.1) is 5.10 Å². The van der Waals surface area contributed by atoms with Gasteiger partial charge in [-0.25, -0.2) is 9.78 Å². The van der Waals surface area contributed by atoms with E-state index in [-0.39, 0.29) is 4.91 Å². The van der Waals surface area contributed by atoms with Crippen molar-refractivity contribution in [3.63, 3.8) is 0 Å². The second-order valence-corrected chi connectivity index (χ2v) is 6.72. The van der Waals surface area contributed by atoms with Crippen LogP contribution < -0.4 is 0 Å². The molecule has 0 radical (unpaired) electrons. The Labute approximate surface area is 156 Å². The Kier molecular flexibility index (Phi) is 5.17. The molecular weight excluding hydrogens is 385 g/mol. The first kappa shape index (κ1) is 17.6. The molecule has 1 aromatic carbocycles. The maximum Gasteiger partial charge on any atom is 0.342 e. The van der Waals surface area contributed by atoms with E-state index in [1.165, 1.54) is 6.08 Å². The molecule has 3 aromatic rings. The fourth-order valence-electron chi connectivity index (χ4n) is 2.00. The van der Waals surface area contributed by atoms with Gasteiger partial charge < -0.3 is 9.52 Å². The molecule has 2 N–H and O–H groups in total. The molecule has 0 spiro atoms. The first-order valence-electron chi connectivity index (χ1n) is 7.00. The van der Waals surface area contributed by atoms with Crippen molar-refractivity contribution in [1.29, 1.82) is 0 Å². The predicted octanol–water partition coefficient (Wildman–Crippen LogP) is 4.90. The second-order valence-electron chi connectivity index (χ2n) is 4.92. The largest absolute Gasteiger partial charge is 0.477 e. The number of rotatable bonds is 5. The molecule has 0 unspecified atom stereocenters. The van der Waals surface area contributed by atoms with E-state index < -0.39 is 5.97 Å². The number of carboxylic acid groups (broad SMARTS) is 1. The van der Waals surface area contributed by atoms with Crippen LogP contribution in [0, 0.1) is 6.92 Å². The Hall–Kier alpha value is -2.22. The van der Waals surface area contributed by atoms with Gasteiger partial charge in [0.05, 0.1) is 10.0 Å². The molecule has 0 atom stereocenters. The Morgan fingerprint density at radius 1 is 1.32 bits per heavy atom. The van der Waals surface area contributed by atoms with Crippen molar-refractivity contribution in [2.45, 2.75) is 12.1 Å². The third-order valence-electron chi connectivity index (χ3n) is 3.11. The van der Waals surface area contributed by atoms with Crippen LogP contribution in [-0.2, 0) is 4.79 Å². The summed E-state index contributed by atoms with van der Waals surface area (Å²) in [6.07, 6.45) is 1.40. The van der Waals surface area contributed by atoms with Crippen molar-refractivity contribution in [3.8, 4) is 11.3 Å². The number of nitrogens with one attached hydrogen (secondary N) is 1. The summed E-state index contributed by atoms with van der Waals surface area (Å²) in [4.78, 5) is 15.6. The summed E-state index contributed by atoms with van der Waals surface area (Å²) in [5.41, 5.74) is 0.628. The third-order valence-corrected chi connectivity index (χ3v) is 4.80. The molecule has 0 saturated heterocycles. The normalized spacial score (nSPS) is 11.7. The zero-order valence-corrected chi connectivity index (χ0v) is 15.1. The van der Waals surface area contributed by atoms with Crippen LogP contribution in [-0.4, -0.2) is 26.3 Å². The summed E-state index contributed by atoms with van der Waals surface area (Å²) < 4.78 is 5.68. The lowest BCUT2D eigenvalue weighted by molar-refractivity contribution is -0.131. The van der Waals surface area contributed by atoms with Crippen LogP contribution >= 0.6 is 35.0 Å². The van der Waals surface area contributed by atoms with Crippen molar-refractivity contribution >= 4 is 47.0 Å². The Bertz CT molecular complexity index is 965. The number of carboxylic acids is 1. The van der Waals surface area contributed by atoms with Gasteiger partial charge in [-0.05, 0) is 43.0 Å². The van der Waals surface area contributed by atoms with Crippen molar-refractivity contribution in [1.82, 2.24) is 15.2 Å². The number of halogens is 2. The highest BCUT2D eigenvalue weighted by molar-refractivity contribution is 8.04. The molecule has 0 saturated carbocycles. The topological polar surface area (TPSA) is 92.0 Å². The number of furan rings is 1.